The van der Waals surface area contributed by atoms with Crippen molar-refractivity contribution < 1.29 is 55.4 Å². The van der Waals surface area contributed by atoms with Gasteiger partial charge in [0.25, 0.3) is 5.91 Å². The largest absolute Gasteiger partial charge is 0.490 e. The van der Waals surface area contributed by atoms with Gasteiger partial charge in [-0.1, -0.05) is 17.3 Å². The molecule has 0 bridgehead atoms. The summed E-state index contributed by atoms with van der Waals surface area (Å²) in [4.78, 5) is 24.1. The van der Waals surface area contributed by atoms with Crippen LogP contribution in [0.2, 0.25) is 0 Å². The minimum Gasteiger partial charge on any atom is -0.475 e. The second-order valence-corrected chi connectivity index (χ2v) is 9.95. The first kappa shape index (κ1) is 32.3. The van der Waals surface area contributed by atoms with Gasteiger partial charge in [0.15, 0.2) is 11.5 Å². The second-order valence-electron chi connectivity index (χ2n) is 9.95. The van der Waals surface area contributed by atoms with E-state index in [4.69, 9.17) is 19.2 Å². The van der Waals surface area contributed by atoms with Crippen LogP contribution in [0.5, 0.6) is 0 Å². The van der Waals surface area contributed by atoms with E-state index in [1.165, 1.54) is 12.1 Å². The highest BCUT2D eigenvalue weighted by molar-refractivity contribution is 5.95. The molecule has 2 fully saturated rings. The van der Waals surface area contributed by atoms with Crippen LogP contribution in [0.3, 0.4) is 0 Å². The van der Waals surface area contributed by atoms with E-state index < -0.39 is 23.9 Å². The molecule has 41 heavy (non-hydrogen) atoms. The molecular weight excluding hydrogens is 564 g/mol. The van der Waals surface area contributed by atoms with Gasteiger partial charge in [-0.2, -0.15) is 26.3 Å². The maximum atomic E-state index is 13.1. The van der Waals surface area contributed by atoms with Crippen molar-refractivity contribution in [1.82, 2.24) is 15.4 Å². The van der Waals surface area contributed by atoms with Crippen LogP contribution >= 0.6 is 0 Å². The number of carboxylic acids is 1. The zero-order chi connectivity index (χ0) is 30.4. The molecule has 1 saturated heterocycles. The van der Waals surface area contributed by atoms with Crippen LogP contribution in [0.15, 0.2) is 28.8 Å². The summed E-state index contributed by atoms with van der Waals surface area (Å²) in [7, 11) is 1.95. The van der Waals surface area contributed by atoms with E-state index in [1.54, 1.807) is 0 Å². The minimum absolute atomic E-state index is 0.0665. The van der Waals surface area contributed by atoms with Gasteiger partial charge in [-0.3, -0.25) is 9.69 Å². The monoisotopic (exact) mass is 595 g/mol. The van der Waals surface area contributed by atoms with Crippen molar-refractivity contribution in [2.75, 3.05) is 20.3 Å². The number of nitrogens with zero attached hydrogens (tertiary/aromatic N) is 2. The predicted molar refractivity (Wildman–Crippen MR) is 132 cm³/mol. The van der Waals surface area contributed by atoms with E-state index in [9.17, 15) is 36.2 Å². The van der Waals surface area contributed by atoms with Crippen molar-refractivity contribution in [2.45, 2.75) is 75.6 Å². The van der Waals surface area contributed by atoms with Crippen LogP contribution in [0.1, 0.15) is 60.1 Å². The van der Waals surface area contributed by atoms with E-state index in [0.29, 0.717) is 56.6 Å². The number of aliphatic hydroxyl groups excluding tert-OH is 1. The number of aromatic nitrogens is 1. The number of nitrogens with one attached hydrogen (secondary N) is 1. The van der Waals surface area contributed by atoms with Crippen LogP contribution in [0.4, 0.5) is 26.3 Å². The van der Waals surface area contributed by atoms with Crippen LogP contribution in [-0.2, 0) is 22.3 Å². The number of aliphatic carboxylic acids is 1. The highest BCUT2D eigenvalue weighted by atomic mass is 19.4. The van der Waals surface area contributed by atoms with Crippen molar-refractivity contribution in [3.05, 3.63) is 41.1 Å². The van der Waals surface area contributed by atoms with Gasteiger partial charge in [-0.05, 0) is 57.7 Å². The number of carbonyl (C=O) groups excluding carboxylic acids is 1. The molecular formula is C26H31F6N3O6. The fourth-order valence-corrected chi connectivity index (χ4v) is 4.65. The van der Waals surface area contributed by atoms with Gasteiger partial charge >= 0.3 is 18.3 Å². The summed E-state index contributed by atoms with van der Waals surface area (Å²) in [5.74, 6) is -2.84. The summed E-state index contributed by atoms with van der Waals surface area (Å²) in [5, 5.41) is 23.9. The average molecular weight is 596 g/mol. The first-order valence-electron chi connectivity index (χ1n) is 12.9. The summed E-state index contributed by atoms with van der Waals surface area (Å²) in [5.41, 5.74) is 0.354. The van der Waals surface area contributed by atoms with Crippen molar-refractivity contribution in [2.24, 2.45) is 0 Å². The number of rotatable bonds is 6. The number of carbonyl (C=O) groups is 2. The third kappa shape index (κ3) is 9.16. The minimum atomic E-state index is -5.08. The number of ether oxygens (including phenoxy) is 1. The molecule has 15 heteroatoms. The molecule has 0 unspecified atom stereocenters. The highest BCUT2D eigenvalue weighted by Gasteiger charge is 2.38. The zero-order valence-electron chi connectivity index (χ0n) is 22.1. The standard InChI is InChI=1S/C24H30F3N3O4.C2HF3O2/c1-30(18-10-12-33-13-11-18)14-20-21(23(32)28-17-6-8-19(31)9-7-17)29-34-22(20)15-2-4-16(5-3-15)24(25,26)27;3-2(4,5)1(6)7/h2-5,17-19,31H,6-14H2,1H3,(H,28,32);(H,6,7). The lowest BCUT2D eigenvalue weighted by atomic mass is 9.93. The van der Waals surface area contributed by atoms with Crippen LogP contribution in [-0.4, -0.2) is 76.8 Å². The van der Waals surface area contributed by atoms with E-state index in [-0.39, 0.29) is 35.5 Å². The quantitative estimate of drug-likeness (QED) is 0.413. The summed E-state index contributed by atoms with van der Waals surface area (Å²) >= 11 is 0. The molecule has 0 radical (unpaired) electrons. The Bertz CT molecular complexity index is 1150. The van der Waals surface area contributed by atoms with Crippen LogP contribution in [0, 0.1) is 0 Å². The molecule has 1 aliphatic heterocycles. The van der Waals surface area contributed by atoms with Gasteiger partial charge in [-0.15, -0.1) is 0 Å². The van der Waals surface area contributed by atoms with E-state index in [2.05, 4.69) is 15.4 Å². The predicted octanol–water partition coefficient (Wildman–Crippen LogP) is 4.64. The topological polar surface area (TPSA) is 125 Å². The third-order valence-electron chi connectivity index (χ3n) is 6.97. The van der Waals surface area contributed by atoms with E-state index in [1.807, 2.05) is 7.05 Å². The Morgan fingerprint density at radius 2 is 1.56 bits per heavy atom. The number of hydrogen-bond donors (Lipinski definition) is 3. The maximum absolute atomic E-state index is 13.1. The fourth-order valence-electron chi connectivity index (χ4n) is 4.65. The van der Waals surface area contributed by atoms with Crippen molar-refractivity contribution in [1.29, 1.82) is 0 Å². The Hall–Kier alpha value is -3.17. The van der Waals surface area contributed by atoms with Gasteiger partial charge < -0.3 is 24.8 Å². The first-order valence-corrected chi connectivity index (χ1v) is 12.9. The molecule has 2 heterocycles. The molecule has 0 atom stereocenters. The number of aliphatic hydroxyl groups is 1. The normalized spacial score (nSPS) is 20.3. The summed E-state index contributed by atoms with van der Waals surface area (Å²) < 4.78 is 81.8. The Morgan fingerprint density at radius 3 is 2.07 bits per heavy atom. The molecule has 1 amide bonds. The number of amides is 1. The molecule has 228 valence electrons. The lowest BCUT2D eigenvalue weighted by molar-refractivity contribution is -0.192. The molecule has 1 saturated carbocycles. The molecule has 0 spiro atoms. The van der Waals surface area contributed by atoms with Crippen molar-refractivity contribution in [3.8, 4) is 11.3 Å². The molecule has 3 N–H and O–H groups in total. The number of carboxylic acid groups (broad SMARTS) is 1. The number of halogens is 6. The zero-order valence-corrected chi connectivity index (χ0v) is 22.1. The van der Waals surface area contributed by atoms with E-state index >= 15 is 0 Å². The molecule has 9 nitrogen and oxygen atoms in total. The summed E-state index contributed by atoms with van der Waals surface area (Å²) in [6, 6.07) is 4.85. The number of hydrogen-bond acceptors (Lipinski definition) is 7. The maximum Gasteiger partial charge on any atom is 0.490 e. The van der Waals surface area contributed by atoms with Gasteiger partial charge in [0, 0.05) is 43.0 Å². The molecule has 1 aromatic carbocycles. The highest BCUT2D eigenvalue weighted by Crippen LogP contribution is 2.33. The first-order chi connectivity index (χ1) is 19.2. The van der Waals surface area contributed by atoms with Gasteiger partial charge in [0.2, 0.25) is 0 Å². The molecule has 1 aliphatic carbocycles. The van der Waals surface area contributed by atoms with Crippen LogP contribution < -0.4 is 5.32 Å². The van der Waals surface area contributed by atoms with Crippen LogP contribution in [0.25, 0.3) is 11.3 Å². The van der Waals surface area contributed by atoms with Gasteiger partial charge in [0.05, 0.1) is 11.7 Å². The summed E-state index contributed by atoms with van der Waals surface area (Å²) in [6.45, 7) is 1.67. The lowest BCUT2D eigenvalue weighted by Gasteiger charge is -2.31. The average Bonchev–Trinajstić information content (AvgIpc) is 3.33. The third-order valence-corrected chi connectivity index (χ3v) is 6.97. The number of alkyl halides is 6. The van der Waals surface area contributed by atoms with Crippen molar-refractivity contribution >= 4 is 11.9 Å². The fraction of sp³-hybridized carbons (Fsp3) is 0.577. The summed E-state index contributed by atoms with van der Waals surface area (Å²) in [6.07, 6.45) is -5.56. The lowest BCUT2D eigenvalue weighted by Crippen LogP contribution is -2.40. The molecule has 4 rings (SSSR count). The molecule has 1 aromatic heterocycles. The molecule has 2 aromatic rings. The Labute approximate surface area is 231 Å². The Balaban J connectivity index is 0.000000587. The van der Waals surface area contributed by atoms with Crippen molar-refractivity contribution in [3.63, 3.8) is 0 Å². The van der Waals surface area contributed by atoms with E-state index in [0.717, 1.165) is 25.0 Å². The number of benzene rings is 1. The Morgan fingerprint density at radius 1 is 1.00 bits per heavy atom. The smallest absolute Gasteiger partial charge is 0.475 e. The SMILES string of the molecule is CN(Cc1c(C(=O)NC2CCC(O)CC2)noc1-c1ccc(C(F)(F)F)cc1)C1CCOCC1.O=C(O)C(F)(F)F. The van der Waals surface area contributed by atoms with Gasteiger partial charge in [0.1, 0.15) is 0 Å². The molecule has 2 aliphatic rings. The second kappa shape index (κ2) is 13.7. The van der Waals surface area contributed by atoms with Gasteiger partial charge in [-0.25, -0.2) is 4.79 Å². The Kier molecular flexibility index (Phi) is 10.8.